The van der Waals surface area contributed by atoms with Crippen LogP contribution in [0.4, 0.5) is 0 Å². The largest absolute Gasteiger partial charge is 0.300 e. The van der Waals surface area contributed by atoms with Gasteiger partial charge in [-0.2, -0.15) is 0 Å². The molecule has 0 atom stereocenters. The van der Waals surface area contributed by atoms with Gasteiger partial charge in [0.15, 0.2) is 0 Å². The van der Waals surface area contributed by atoms with Gasteiger partial charge in [0.1, 0.15) is 0 Å². The molecule has 1 aliphatic heterocycles. The van der Waals surface area contributed by atoms with Crippen molar-refractivity contribution in [3.8, 4) is 11.1 Å². The van der Waals surface area contributed by atoms with Crippen molar-refractivity contribution in [2.75, 3.05) is 13.1 Å². The Morgan fingerprint density at radius 2 is 1.62 bits per heavy atom. The molecule has 0 amide bonds. The van der Waals surface area contributed by atoms with Gasteiger partial charge in [0.2, 0.25) is 0 Å². The summed E-state index contributed by atoms with van der Waals surface area (Å²) in [4.78, 5) is 6.83. The van der Waals surface area contributed by atoms with Crippen LogP contribution in [-0.2, 0) is 12.8 Å². The molecule has 0 saturated heterocycles. The van der Waals surface area contributed by atoms with E-state index in [9.17, 15) is 0 Å². The number of nitrogens with zero attached hydrogens (tertiary/aromatic N) is 2. The van der Waals surface area contributed by atoms with Gasteiger partial charge in [0.25, 0.3) is 0 Å². The van der Waals surface area contributed by atoms with Crippen molar-refractivity contribution in [1.82, 2.24) is 9.88 Å². The summed E-state index contributed by atoms with van der Waals surface area (Å²) in [6, 6.07) is 12.1. The van der Waals surface area contributed by atoms with E-state index in [1.807, 2.05) is 12.4 Å². The topological polar surface area (TPSA) is 16.1 Å². The van der Waals surface area contributed by atoms with Crippen molar-refractivity contribution in [2.24, 2.45) is 0 Å². The molecule has 2 aromatic rings. The van der Waals surface area contributed by atoms with E-state index in [4.69, 9.17) is 0 Å². The average Bonchev–Trinajstić information content (AvgIpc) is 2.69. The fourth-order valence-corrected chi connectivity index (χ4v) is 3.58. The molecule has 0 spiro atoms. The van der Waals surface area contributed by atoms with Crippen LogP contribution >= 0.6 is 0 Å². The summed E-state index contributed by atoms with van der Waals surface area (Å²) in [6.07, 6.45) is 10.4. The zero-order chi connectivity index (χ0) is 14.1. The molecule has 0 radical (unpaired) electrons. The van der Waals surface area contributed by atoms with Gasteiger partial charge in [-0.15, -0.1) is 0 Å². The van der Waals surface area contributed by atoms with Crippen LogP contribution in [0, 0.1) is 0 Å². The third kappa shape index (κ3) is 2.60. The first kappa shape index (κ1) is 13.0. The van der Waals surface area contributed by atoms with E-state index in [-0.39, 0.29) is 0 Å². The third-order valence-electron chi connectivity index (χ3n) is 5.15. The van der Waals surface area contributed by atoms with Crippen molar-refractivity contribution in [1.29, 1.82) is 0 Å². The lowest BCUT2D eigenvalue weighted by molar-refractivity contribution is 0.133. The maximum atomic E-state index is 4.11. The highest BCUT2D eigenvalue weighted by Crippen LogP contribution is 2.29. The molecule has 0 unspecified atom stereocenters. The predicted molar refractivity (Wildman–Crippen MR) is 86.3 cm³/mol. The Kier molecular flexibility index (Phi) is 3.48. The maximum Gasteiger partial charge on any atom is 0.0273 e. The molecule has 2 heterocycles. The van der Waals surface area contributed by atoms with Gasteiger partial charge in [-0.3, -0.25) is 9.88 Å². The highest BCUT2D eigenvalue weighted by atomic mass is 15.2. The lowest BCUT2D eigenvalue weighted by Crippen LogP contribution is -2.41. The molecular weight excluding hydrogens is 256 g/mol. The van der Waals surface area contributed by atoms with Gasteiger partial charge in [-0.1, -0.05) is 24.6 Å². The Hall–Kier alpha value is -1.67. The molecule has 1 aliphatic carbocycles. The Labute approximate surface area is 126 Å². The van der Waals surface area contributed by atoms with Gasteiger partial charge in [-0.25, -0.2) is 0 Å². The molecular formula is C19H22N2. The lowest BCUT2D eigenvalue weighted by atomic mass is 9.91. The predicted octanol–water partition coefficient (Wildman–Crippen LogP) is 3.70. The van der Waals surface area contributed by atoms with E-state index >= 15 is 0 Å². The number of fused-ring (bicyclic) bond motifs is 1. The molecule has 1 aromatic carbocycles. The van der Waals surface area contributed by atoms with Crippen LogP contribution in [0.5, 0.6) is 0 Å². The van der Waals surface area contributed by atoms with E-state index in [1.165, 1.54) is 56.3 Å². The van der Waals surface area contributed by atoms with Gasteiger partial charge in [0, 0.05) is 31.5 Å². The molecule has 21 heavy (non-hydrogen) atoms. The van der Waals surface area contributed by atoms with Crippen LogP contribution in [0.25, 0.3) is 11.1 Å². The second kappa shape index (κ2) is 5.61. The molecule has 2 aliphatic rings. The molecule has 2 heteroatoms. The molecule has 0 N–H and O–H groups in total. The number of pyridine rings is 1. The number of hydrogen-bond donors (Lipinski definition) is 0. The average molecular weight is 278 g/mol. The van der Waals surface area contributed by atoms with Crippen molar-refractivity contribution in [3.05, 3.63) is 53.9 Å². The van der Waals surface area contributed by atoms with E-state index in [2.05, 4.69) is 40.2 Å². The molecule has 1 aromatic heterocycles. The van der Waals surface area contributed by atoms with Gasteiger partial charge in [-0.05, 0) is 60.1 Å². The second-order valence-corrected chi connectivity index (χ2v) is 6.34. The fourth-order valence-electron chi connectivity index (χ4n) is 3.58. The van der Waals surface area contributed by atoms with Crippen molar-refractivity contribution in [3.63, 3.8) is 0 Å². The van der Waals surface area contributed by atoms with Crippen LogP contribution in [-0.4, -0.2) is 29.0 Å². The smallest absolute Gasteiger partial charge is 0.0273 e. The summed E-state index contributed by atoms with van der Waals surface area (Å²) in [5, 5.41) is 0. The zero-order valence-electron chi connectivity index (χ0n) is 12.5. The minimum absolute atomic E-state index is 0.874. The van der Waals surface area contributed by atoms with Crippen LogP contribution in [0.1, 0.15) is 30.4 Å². The zero-order valence-corrected chi connectivity index (χ0v) is 12.5. The molecule has 108 valence electrons. The van der Waals surface area contributed by atoms with Crippen LogP contribution in [0.15, 0.2) is 42.7 Å². The second-order valence-electron chi connectivity index (χ2n) is 6.34. The van der Waals surface area contributed by atoms with Crippen molar-refractivity contribution < 1.29 is 0 Å². The Balaban J connectivity index is 1.57. The van der Waals surface area contributed by atoms with Crippen molar-refractivity contribution in [2.45, 2.75) is 38.1 Å². The molecule has 0 bridgehead atoms. The van der Waals surface area contributed by atoms with E-state index < -0.39 is 0 Å². The standard InChI is InChI=1S/C19H22N2/c1-2-19(3-1)21-12-8-15-4-5-17(14-18(15)9-13-21)16-6-10-20-11-7-16/h4-7,10-11,14,19H,1-3,8-9,12-13H2. The highest BCUT2D eigenvalue weighted by Gasteiger charge is 2.26. The third-order valence-corrected chi connectivity index (χ3v) is 5.15. The van der Waals surface area contributed by atoms with Gasteiger partial charge >= 0.3 is 0 Å². The Bertz CT molecular complexity index is 617. The number of aromatic nitrogens is 1. The number of hydrogen-bond acceptors (Lipinski definition) is 2. The minimum Gasteiger partial charge on any atom is -0.300 e. The quantitative estimate of drug-likeness (QED) is 0.832. The lowest BCUT2D eigenvalue weighted by Gasteiger charge is -2.36. The maximum absolute atomic E-state index is 4.11. The fraction of sp³-hybridized carbons (Fsp3) is 0.421. The monoisotopic (exact) mass is 278 g/mol. The summed E-state index contributed by atoms with van der Waals surface area (Å²) in [6.45, 7) is 2.48. The summed E-state index contributed by atoms with van der Waals surface area (Å²) < 4.78 is 0. The van der Waals surface area contributed by atoms with Crippen LogP contribution < -0.4 is 0 Å². The molecule has 2 nitrogen and oxygen atoms in total. The van der Waals surface area contributed by atoms with Gasteiger partial charge in [0.05, 0.1) is 0 Å². The van der Waals surface area contributed by atoms with Crippen LogP contribution in [0.3, 0.4) is 0 Å². The van der Waals surface area contributed by atoms with Gasteiger partial charge < -0.3 is 0 Å². The molecule has 1 saturated carbocycles. The molecule has 1 fully saturated rings. The first-order chi connectivity index (χ1) is 10.4. The number of rotatable bonds is 2. The van der Waals surface area contributed by atoms with E-state index in [0.29, 0.717) is 0 Å². The first-order valence-corrected chi connectivity index (χ1v) is 8.16. The normalized spacial score (nSPS) is 19.6. The SMILES string of the molecule is c1cc(-c2ccc3c(c2)CCN(C2CCC2)CC3)ccn1. The van der Waals surface area contributed by atoms with Crippen LogP contribution in [0.2, 0.25) is 0 Å². The first-order valence-electron chi connectivity index (χ1n) is 8.16. The summed E-state index contributed by atoms with van der Waals surface area (Å²) in [5.74, 6) is 0. The highest BCUT2D eigenvalue weighted by molar-refractivity contribution is 5.64. The number of benzene rings is 1. The summed E-state index contributed by atoms with van der Waals surface area (Å²) in [5.41, 5.74) is 5.70. The Morgan fingerprint density at radius 3 is 2.33 bits per heavy atom. The molecule has 4 rings (SSSR count). The Morgan fingerprint density at radius 1 is 0.857 bits per heavy atom. The summed E-state index contributed by atoms with van der Waals surface area (Å²) in [7, 11) is 0. The summed E-state index contributed by atoms with van der Waals surface area (Å²) >= 11 is 0. The van der Waals surface area contributed by atoms with E-state index in [1.54, 1.807) is 11.1 Å². The minimum atomic E-state index is 0.874. The van der Waals surface area contributed by atoms with E-state index in [0.717, 1.165) is 6.04 Å². The van der Waals surface area contributed by atoms with Crippen molar-refractivity contribution >= 4 is 0 Å².